The van der Waals surface area contributed by atoms with Crippen LogP contribution in [0.3, 0.4) is 0 Å². The monoisotopic (exact) mass is 584 g/mol. The number of rotatable bonds is 10. The molecule has 5 atom stereocenters. The van der Waals surface area contributed by atoms with Gasteiger partial charge < -0.3 is 33.2 Å². The minimum Gasteiger partial charge on any atom is -0.494 e. The second-order valence-electron chi connectivity index (χ2n) is 10.4. The first kappa shape index (κ1) is 31.0. The third kappa shape index (κ3) is 6.42. The van der Waals surface area contributed by atoms with Gasteiger partial charge in [0.25, 0.3) is 0 Å². The van der Waals surface area contributed by atoms with Crippen LogP contribution in [0, 0.1) is 6.92 Å². The van der Waals surface area contributed by atoms with E-state index in [1.54, 1.807) is 6.07 Å². The molecule has 11 heteroatoms. The van der Waals surface area contributed by atoms with E-state index >= 15 is 0 Å². The zero-order valence-corrected chi connectivity index (χ0v) is 24.6. The van der Waals surface area contributed by atoms with E-state index in [0.717, 1.165) is 22.4 Å². The van der Waals surface area contributed by atoms with Crippen LogP contribution in [0.2, 0.25) is 0 Å². The van der Waals surface area contributed by atoms with Crippen LogP contribution in [0.15, 0.2) is 42.5 Å². The van der Waals surface area contributed by atoms with Gasteiger partial charge in [-0.25, -0.2) is 0 Å². The number of esters is 4. The number of benzene rings is 2. The summed E-state index contributed by atoms with van der Waals surface area (Å²) in [6, 6.07) is 13.3. The molecule has 2 bridgehead atoms. The Morgan fingerprint density at radius 3 is 2.10 bits per heavy atom. The first-order chi connectivity index (χ1) is 19.9. The summed E-state index contributed by atoms with van der Waals surface area (Å²) in [5.74, 6) is -3.75. The lowest BCUT2D eigenvalue weighted by Gasteiger charge is -2.49. The number of hydrogen-bond acceptors (Lipinski definition) is 11. The maximum atomic E-state index is 12.4. The van der Waals surface area contributed by atoms with Crippen LogP contribution in [0.25, 0.3) is 0 Å². The smallest absolute Gasteiger partial charge is 0.303 e. The van der Waals surface area contributed by atoms with Crippen LogP contribution in [0.4, 0.5) is 0 Å². The molecule has 2 fully saturated rings. The lowest BCUT2D eigenvalue weighted by molar-refractivity contribution is -0.334. The summed E-state index contributed by atoms with van der Waals surface area (Å²) in [6.07, 6.45) is -3.50. The summed E-state index contributed by atoms with van der Waals surface area (Å²) in [6.45, 7) is 8.63. The molecule has 4 rings (SSSR count). The summed E-state index contributed by atoms with van der Waals surface area (Å²) < 4.78 is 40.7. The predicted octanol–water partition coefficient (Wildman–Crippen LogP) is 3.29. The highest BCUT2D eigenvalue weighted by atomic mass is 16.8. The molecule has 0 unspecified atom stereocenters. The van der Waals surface area contributed by atoms with Crippen molar-refractivity contribution in [2.45, 2.75) is 77.7 Å². The third-order valence-corrected chi connectivity index (χ3v) is 7.16. The van der Waals surface area contributed by atoms with Gasteiger partial charge in [-0.2, -0.15) is 0 Å². The van der Waals surface area contributed by atoms with E-state index in [0.29, 0.717) is 18.6 Å². The molecule has 2 aliphatic rings. The summed E-state index contributed by atoms with van der Waals surface area (Å²) in [5, 5.41) is 0. The van der Waals surface area contributed by atoms with E-state index in [1.165, 1.54) is 27.7 Å². The third-order valence-electron chi connectivity index (χ3n) is 7.16. The SMILES string of the molecule is CCOc1ccc(Cc2cc([C@]34OC[C@](COC(C)=O)(O3)[C@@H](OC(C)=O)[C@H](OC(C)=O)[C@H]4OC(C)=O)ccc2C)cc1. The molecule has 226 valence electrons. The van der Waals surface area contributed by atoms with Crippen molar-refractivity contribution < 1.29 is 52.3 Å². The van der Waals surface area contributed by atoms with Crippen LogP contribution >= 0.6 is 0 Å². The Labute approximate surface area is 244 Å². The number of carbonyl (C=O) groups is 4. The Kier molecular flexibility index (Phi) is 9.22. The molecule has 0 aliphatic carbocycles. The summed E-state index contributed by atoms with van der Waals surface area (Å²) >= 11 is 0. The van der Waals surface area contributed by atoms with Crippen molar-refractivity contribution in [1.29, 1.82) is 0 Å². The molecule has 2 aromatic rings. The van der Waals surface area contributed by atoms with Gasteiger partial charge in [0.1, 0.15) is 12.4 Å². The molecule has 11 nitrogen and oxygen atoms in total. The average Bonchev–Trinajstić information content (AvgIpc) is 3.28. The van der Waals surface area contributed by atoms with Crippen molar-refractivity contribution in [2.75, 3.05) is 19.8 Å². The van der Waals surface area contributed by atoms with E-state index in [-0.39, 0.29) is 13.2 Å². The zero-order chi connectivity index (χ0) is 30.7. The molecular formula is C31H36O11. The van der Waals surface area contributed by atoms with Crippen molar-refractivity contribution in [3.63, 3.8) is 0 Å². The molecule has 2 aromatic carbocycles. The molecule has 0 saturated carbocycles. The largest absolute Gasteiger partial charge is 0.494 e. The van der Waals surface area contributed by atoms with Gasteiger partial charge in [0.2, 0.25) is 11.9 Å². The van der Waals surface area contributed by atoms with Gasteiger partial charge >= 0.3 is 23.9 Å². The van der Waals surface area contributed by atoms with Gasteiger partial charge in [-0.1, -0.05) is 24.3 Å². The van der Waals surface area contributed by atoms with Crippen molar-refractivity contribution in [3.8, 4) is 5.75 Å². The predicted molar refractivity (Wildman–Crippen MR) is 146 cm³/mol. The number of ether oxygens (including phenoxy) is 7. The molecule has 0 N–H and O–H groups in total. The lowest BCUT2D eigenvalue weighted by Crippen LogP contribution is -2.68. The number of hydrogen-bond donors (Lipinski definition) is 0. The van der Waals surface area contributed by atoms with Crippen LogP contribution < -0.4 is 4.74 Å². The van der Waals surface area contributed by atoms with E-state index < -0.39 is 53.6 Å². The Morgan fingerprint density at radius 2 is 1.50 bits per heavy atom. The van der Waals surface area contributed by atoms with Crippen LogP contribution in [-0.4, -0.2) is 67.6 Å². The maximum Gasteiger partial charge on any atom is 0.303 e. The lowest BCUT2D eigenvalue weighted by atomic mass is 9.82. The molecule has 0 spiro atoms. The molecule has 2 saturated heterocycles. The molecular weight excluding hydrogens is 548 g/mol. The normalized spacial score (nSPS) is 26.2. The molecule has 2 aliphatic heterocycles. The minimum absolute atomic E-state index is 0.226. The molecule has 0 radical (unpaired) electrons. The van der Waals surface area contributed by atoms with Gasteiger partial charge in [0.15, 0.2) is 17.8 Å². The Morgan fingerprint density at radius 1 is 0.857 bits per heavy atom. The zero-order valence-electron chi connectivity index (χ0n) is 24.6. The minimum atomic E-state index is -1.79. The van der Waals surface area contributed by atoms with E-state index in [2.05, 4.69) is 0 Å². The Hall–Kier alpha value is -3.96. The quantitative estimate of drug-likeness (QED) is 0.301. The summed E-state index contributed by atoms with van der Waals surface area (Å²) in [4.78, 5) is 48.7. The maximum absolute atomic E-state index is 12.4. The van der Waals surface area contributed by atoms with Gasteiger partial charge in [-0.3, -0.25) is 19.2 Å². The molecule has 0 aromatic heterocycles. The summed E-state index contributed by atoms with van der Waals surface area (Å²) in [7, 11) is 0. The Balaban J connectivity index is 1.82. The van der Waals surface area contributed by atoms with Crippen molar-refractivity contribution in [1.82, 2.24) is 0 Å². The van der Waals surface area contributed by atoms with Crippen LogP contribution in [-0.2, 0) is 59.8 Å². The fourth-order valence-corrected chi connectivity index (χ4v) is 5.39. The van der Waals surface area contributed by atoms with E-state index in [4.69, 9.17) is 33.2 Å². The van der Waals surface area contributed by atoms with Crippen LogP contribution in [0.5, 0.6) is 5.75 Å². The standard InChI is InChI=1S/C31H36O11/c1-7-36-26-12-9-23(10-13-26)14-24-15-25(11-8-18(24)2)31-29(41-22(6)35)27(39-20(4)33)28(40-21(5)34)30(42-31,17-38-31)16-37-19(3)32/h8-13,15,27-29H,7,14,16-17H2,1-6H3/t27-,28-,29+,30-,31-/m0/s1. The van der Waals surface area contributed by atoms with E-state index in [1.807, 2.05) is 50.2 Å². The Bertz CT molecular complexity index is 1340. The fraction of sp³-hybridized carbons (Fsp3) is 0.484. The fourth-order valence-electron chi connectivity index (χ4n) is 5.39. The number of aryl methyl sites for hydroxylation is 1. The van der Waals surface area contributed by atoms with Gasteiger partial charge in [-0.15, -0.1) is 0 Å². The second-order valence-corrected chi connectivity index (χ2v) is 10.4. The second kappa shape index (κ2) is 12.5. The van der Waals surface area contributed by atoms with Crippen LogP contribution in [0.1, 0.15) is 56.9 Å². The highest BCUT2D eigenvalue weighted by molar-refractivity contribution is 5.69. The molecule has 2 heterocycles. The first-order valence-corrected chi connectivity index (χ1v) is 13.7. The summed E-state index contributed by atoms with van der Waals surface area (Å²) in [5.41, 5.74) is 1.85. The number of fused-ring (bicyclic) bond motifs is 2. The molecule has 42 heavy (non-hydrogen) atoms. The van der Waals surface area contributed by atoms with E-state index in [9.17, 15) is 19.2 Å². The topological polar surface area (TPSA) is 133 Å². The highest BCUT2D eigenvalue weighted by Gasteiger charge is 2.72. The first-order valence-electron chi connectivity index (χ1n) is 13.7. The number of carbonyl (C=O) groups excluding carboxylic acids is 4. The van der Waals surface area contributed by atoms with Crippen molar-refractivity contribution in [2.24, 2.45) is 0 Å². The van der Waals surface area contributed by atoms with Crippen molar-refractivity contribution >= 4 is 23.9 Å². The molecule has 0 amide bonds. The van der Waals surface area contributed by atoms with Gasteiger partial charge in [0.05, 0.1) is 13.2 Å². The van der Waals surface area contributed by atoms with Gasteiger partial charge in [0, 0.05) is 33.3 Å². The van der Waals surface area contributed by atoms with Gasteiger partial charge in [-0.05, 0) is 55.2 Å². The average molecular weight is 585 g/mol. The highest BCUT2D eigenvalue weighted by Crippen LogP contribution is 2.53. The van der Waals surface area contributed by atoms with Crippen molar-refractivity contribution in [3.05, 3.63) is 64.7 Å².